The molecule has 19 atom stereocenters. The maximum Gasteiger partial charge on any atom is 0.404 e. The Bertz CT molecular complexity index is 3150. The Morgan fingerprint density at radius 2 is 1.48 bits per heavy atom. The first-order valence-corrected chi connectivity index (χ1v) is 31.1. The number of H-pyrrole nitrogens is 1. The van der Waals surface area contributed by atoms with E-state index in [9.17, 15) is 74.4 Å². The van der Waals surface area contributed by atoms with Gasteiger partial charge in [-0.1, -0.05) is 32.8 Å². The molecule has 95 heavy (non-hydrogen) atoms. The van der Waals surface area contributed by atoms with Gasteiger partial charge in [0.1, 0.15) is 83.7 Å². The number of amides is 7. The van der Waals surface area contributed by atoms with Gasteiger partial charge in [-0.25, -0.2) is 24.7 Å². The Balaban J connectivity index is 1.26. The number of imidazole rings is 1. The van der Waals surface area contributed by atoms with Crippen molar-refractivity contribution in [3.05, 3.63) is 58.8 Å². The van der Waals surface area contributed by atoms with E-state index in [0.717, 1.165) is 25.6 Å². The molecule has 0 spiro atoms. The molecule has 36 heteroatoms. The first-order chi connectivity index (χ1) is 45.0. The van der Waals surface area contributed by atoms with Crippen molar-refractivity contribution in [2.45, 2.75) is 203 Å². The highest BCUT2D eigenvalue weighted by Crippen LogP contribution is 2.35. The molecular formula is C59H89N15O21. The third kappa shape index (κ3) is 20.1. The molecule has 0 aliphatic carbocycles. The Kier molecular flexibility index (Phi) is 28.2. The van der Waals surface area contributed by atoms with E-state index in [4.69, 9.17) is 52.4 Å². The number of aliphatic imine (C=N–C) groups is 2. The number of rotatable bonds is 36. The number of allylic oxidation sites excluding steroid dienone is 3. The average molecular weight is 1340 g/mol. The van der Waals surface area contributed by atoms with Crippen LogP contribution < -0.4 is 49.9 Å². The molecule has 0 bridgehead atoms. The number of nitrogens with zero attached hydrogens (tertiary/aromatic N) is 5. The van der Waals surface area contributed by atoms with Crippen LogP contribution in [0.5, 0.6) is 0 Å². The molecule has 6 heterocycles. The molecule has 23 N–H and O–H groups in total. The molecule has 6 rings (SSSR count). The number of carbonyl (C=O) groups is 8. The van der Waals surface area contributed by atoms with E-state index in [1.54, 1.807) is 6.08 Å². The molecule has 2 aromatic rings. The number of primary amides is 3. The number of hydrogen-bond donors (Lipinski definition) is 18. The molecule has 526 valence electrons. The van der Waals surface area contributed by atoms with E-state index in [2.05, 4.69) is 58.1 Å². The Morgan fingerprint density at radius 1 is 0.789 bits per heavy atom. The summed E-state index contributed by atoms with van der Waals surface area (Å²) in [7, 11) is 0. The fourth-order valence-electron chi connectivity index (χ4n) is 10.9. The summed E-state index contributed by atoms with van der Waals surface area (Å²) in [6.07, 6.45) is -17.9. The van der Waals surface area contributed by atoms with Gasteiger partial charge in [0.05, 0.1) is 66.9 Å². The van der Waals surface area contributed by atoms with Gasteiger partial charge >= 0.3 is 6.09 Å². The minimum atomic E-state index is -2.19. The lowest BCUT2D eigenvalue weighted by Crippen LogP contribution is -2.65. The number of nitrogens with two attached hydrogens (primary N) is 5. The first-order valence-electron chi connectivity index (χ1n) is 31.1. The van der Waals surface area contributed by atoms with Crippen molar-refractivity contribution in [3.8, 4) is 0 Å². The van der Waals surface area contributed by atoms with Crippen molar-refractivity contribution >= 4 is 64.6 Å². The Morgan fingerprint density at radius 3 is 2.12 bits per heavy atom. The van der Waals surface area contributed by atoms with E-state index in [-0.39, 0.29) is 48.2 Å². The standard InChI is InChI=1S/C59H89N15O21/c1-6-7-8-16-66-54(87)34-14-13-33(71-34)32-12-10-29(70-32)15-17-67-53(86)30(27(5)77)19-36(78)24(2)42(80)26(4)69-56(89)41(73-55(88)40-25(3)50(62)74-52(72-40)28(18-39(61)79)9-11-31(60)51(63)85)47(35-20-65-23-68-35)93-58-49(45(83)43(81)37(21-75)92-58)94-57-46(84)48(95-59(64)90)44(82)38(22-76)91-57/h12,14,20,23-24,26-28,30-31,37-38,41-49,57-58,75-77,80-84H,6-11,13,15-19,21-22,60H2,1-5H3,(H2,61,79)(H2,63,85)(H2,64,90)(H,65,68)(H,66,87)(H,67,86)(H,69,89)(H,73,88)(H2,62,72,74)/t24-,26-,27-,28+,30+,31+,37?,38?,41+,42+,43?,44?,45?,46?,47+,48?,49?,57?,58?/m1/s1. The lowest BCUT2D eigenvalue weighted by molar-refractivity contribution is -0.372. The second-order valence-corrected chi connectivity index (χ2v) is 23.7. The second-order valence-electron chi connectivity index (χ2n) is 23.7. The van der Waals surface area contributed by atoms with Gasteiger partial charge in [-0.15, -0.1) is 0 Å². The van der Waals surface area contributed by atoms with Crippen molar-refractivity contribution in [1.82, 2.24) is 41.2 Å². The second kappa shape index (κ2) is 35.2. The van der Waals surface area contributed by atoms with Crippen LogP contribution >= 0.6 is 0 Å². The summed E-state index contributed by atoms with van der Waals surface area (Å²) in [4.78, 5) is 131. The van der Waals surface area contributed by atoms with Gasteiger partial charge < -0.3 is 119 Å². The third-order valence-corrected chi connectivity index (χ3v) is 16.7. The predicted molar refractivity (Wildman–Crippen MR) is 331 cm³/mol. The zero-order valence-electron chi connectivity index (χ0n) is 53.2. The number of nitrogens with one attached hydrogen (secondary N) is 5. The lowest BCUT2D eigenvalue weighted by Gasteiger charge is -2.47. The highest BCUT2D eigenvalue weighted by Gasteiger charge is 2.54. The molecule has 2 aromatic heterocycles. The summed E-state index contributed by atoms with van der Waals surface area (Å²) in [6, 6.07) is -4.79. The normalized spacial score (nSPS) is 25.5. The van der Waals surface area contributed by atoms with Crippen LogP contribution in [0.3, 0.4) is 0 Å². The molecule has 4 aliphatic rings. The first kappa shape index (κ1) is 76.2. The third-order valence-electron chi connectivity index (χ3n) is 16.7. The molecule has 0 aromatic carbocycles. The molecule has 0 saturated carbocycles. The molecule has 0 radical (unpaired) electrons. The molecular weight excluding hydrogens is 1250 g/mol. The van der Waals surface area contributed by atoms with E-state index < -0.39 is 189 Å². The van der Waals surface area contributed by atoms with Gasteiger partial charge in [0.25, 0.3) is 11.8 Å². The number of nitrogen functional groups attached to an aromatic ring is 1. The number of ether oxygens (including phenoxy) is 5. The van der Waals surface area contributed by atoms with Gasteiger partial charge in [-0.2, -0.15) is 0 Å². The molecule has 10 unspecified atom stereocenters. The number of ketones is 1. The van der Waals surface area contributed by atoms with Crippen molar-refractivity contribution < 1.29 is 103 Å². The molecule has 4 aliphatic heterocycles. The summed E-state index contributed by atoms with van der Waals surface area (Å²) in [5, 5.41) is 98.7. The summed E-state index contributed by atoms with van der Waals surface area (Å²) in [5.74, 6) is -10.1. The fourth-order valence-corrected chi connectivity index (χ4v) is 10.9. The SMILES string of the molecule is CCCCCNC(=O)C1=CCC(C2=CCC(CCNC(=O)[C@@H](CC(=O)[C@@H](C)[C@H](O)[C@@H](C)NC(=O)[C@@H](NC(=O)c3nc([C@@H](CC[C@H](N)C(N)=O)CC(N)=O)nc(N)c3C)[C@@H](OC3OC(CO)C(O)C(O)C3OC3OC(CO)C(O)C(OC(N)=O)C3O)c3c[nH]cn3)[C@@H](C)O)=N2)=N1. The minimum Gasteiger partial charge on any atom is -0.441 e. The zero-order chi connectivity index (χ0) is 70.1. The molecule has 36 nitrogen and oxygen atoms in total. The van der Waals surface area contributed by atoms with Crippen LogP contribution in [0.1, 0.15) is 131 Å². The largest absolute Gasteiger partial charge is 0.441 e. The van der Waals surface area contributed by atoms with Crippen LogP contribution in [0.2, 0.25) is 0 Å². The van der Waals surface area contributed by atoms with Crippen molar-refractivity contribution in [2.24, 2.45) is 44.8 Å². The zero-order valence-corrected chi connectivity index (χ0v) is 53.2. The monoisotopic (exact) mass is 1340 g/mol. The van der Waals surface area contributed by atoms with Crippen LogP contribution in [-0.4, -0.2) is 238 Å². The summed E-state index contributed by atoms with van der Waals surface area (Å²) < 4.78 is 28.8. The number of aliphatic hydroxyl groups is 8. The van der Waals surface area contributed by atoms with E-state index in [1.165, 1.54) is 33.9 Å². The van der Waals surface area contributed by atoms with E-state index in [1.807, 2.05) is 6.08 Å². The van der Waals surface area contributed by atoms with Crippen molar-refractivity contribution in [2.75, 3.05) is 32.0 Å². The Hall–Kier alpha value is -7.85. The van der Waals surface area contributed by atoms with Crippen LogP contribution in [0, 0.1) is 18.8 Å². The molecule has 2 fully saturated rings. The number of hydrogen-bond acceptors (Lipinski definition) is 28. The number of unbranched alkanes of at least 4 members (excludes halogenated alkanes) is 2. The van der Waals surface area contributed by atoms with Crippen LogP contribution in [-0.2, 0) is 52.5 Å². The van der Waals surface area contributed by atoms with Crippen molar-refractivity contribution in [1.29, 1.82) is 0 Å². The van der Waals surface area contributed by atoms with Gasteiger partial charge in [0, 0.05) is 74.5 Å². The number of aromatic nitrogens is 4. The highest BCUT2D eigenvalue weighted by atomic mass is 16.8. The van der Waals surface area contributed by atoms with Gasteiger partial charge in [0.15, 0.2) is 18.7 Å². The number of anilines is 1. The van der Waals surface area contributed by atoms with Gasteiger partial charge in [0.2, 0.25) is 23.6 Å². The summed E-state index contributed by atoms with van der Waals surface area (Å²) in [5.41, 5.74) is 29.8. The topological polar surface area (TPSA) is 602 Å². The number of carbonyl (C=O) groups excluding carboxylic acids is 8. The highest BCUT2D eigenvalue weighted by molar-refractivity contribution is 6.11. The average Bonchev–Trinajstić information content (AvgIpc) is 1.17. The van der Waals surface area contributed by atoms with Gasteiger partial charge in [-0.05, 0) is 46.1 Å². The van der Waals surface area contributed by atoms with Crippen LogP contribution in [0.15, 0.2) is 46.1 Å². The number of Topliss-reactive ketones (excluding diaryl/α,β-unsaturated/α-hetero) is 1. The summed E-state index contributed by atoms with van der Waals surface area (Å²) in [6.45, 7) is 5.92. The summed E-state index contributed by atoms with van der Waals surface area (Å²) >= 11 is 0. The Labute approximate surface area is 545 Å². The quantitative estimate of drug-likeness (QED) is 0.0284. The van der Waals surface area contributed by atoms with Crippen LogP contribution in [0.4, 0.5) is 10.6 Å². The fraction of sp³-hybridized carbons (Fsp3) is 0.644. The van der Waals surface area contributed by atoms with Crippen LogP contribution in [0.25, 0.3) is 0 Å². The predicted octanol–water partition coefficient (Wildman–Crippen LogP) is -5.05. The number of aliphatic hydroxyl groups excluding tert-OH is 8. The van der Waals surface area contributed by atoms with E-state index in [0.29, 0.717) is 48.6 Å². The molecule has 2 saturated heterocycles. The lowest BCUT2D eigenvalue weighted by atomic mass is 9.87. The maximum absolute atomic E-state index is 15.2. The van der Waals surface area contributed by atoms with Gasteiger partial charge in [-0.3, -0.25) is 38.6 Å². The maximum atomic E-state index is 15.2. The smallest absolute Gasteiger partial charge is 0.404 e. The number of aromatic amines is 1. The van der Waals surface area contributed by atoms with E-state index >= 15 is 4.79 Å². The minimum absolute atomic E-state index is 0.0660. The molecule has 7 amide bonds. The van der Waals surface area contributed by atoms with Crippen molar-refractivity contribution in [3.63, 3.8) is 0 Å².